The Morgan fingerprint density at radius 1 is 0.137 bits per heavy atom. The lowest BCUT2D eigenvalue weighted by Gasteiger charge is -2.18. The van der Waals surface area contributed by atoms with Gasteiger partial charge in [0, 0.05) is 43.1 Å². The summed E-state index contributed by atoms with van der Waals surface area (Å²) in [5, 5.41) is 17.5. The molecule has 3 aromatic heterocycles. The van der Waals surface area contributed by atoms with E-state index in [1.807, 2.05) is 297 Å². The van der Waals surface area contributed by atoms with E-state index in [1.165, 1.54) is 0 Å². The highest BCUT2D eigenvalue weighted by molar-refractivity contribution is 6.32. The summed E-state index contributed by atoms with van der Waals surface area (Å²) in [6, 6.07) is 96.1. The van der Waals surface area contributed by atoms with Crippen LogP contribution in [0.4, 0.5) is 0 Å². The third kappa shape index (κ3) is 12.4. The van der Waals surface area contributed by atoms with Gasteiger partial charge in [-0.25, -0.2) is 0 Å². The van der Waals surface area contributed by atoms with Gasteiger partial charge in [-0.2, -0.15) is 0 Å². The van der Waals surface area contributed by atoms with Crippen molar-refractivity contribution in [2.75, 3.05) is 0 Å². The van der Waals surface area contributed by atoms with Gasteiger partial charge in [0.1, 0.15) is 33.5 Å². The van der Waals surface area contributed by atoms with Crippen LogP contribution in [0.2, 0.25) is 0 Å². The molecule has 0 spiro atoms. The standard InChI is InChI=1S/C44H26O.2C42H26O/c1-2-12-28-25-29(22-21-27(28)11-1)41-34-16-6-8-18-36(34)42(37-19-9-7-17-35(37)41)30-23-24-39-40(26-30)45-44-38-20-10-4-14-32(38)31-13-3-5-15-33(31)43(39)44;1-2-11-27(12-3-1)29-14-10-15-30(25-29)40-34-17-6-8-19-36(34)41(37-20-9-7-18-35(37)40)31-22-23-33-38-24-21-28-13-4-5-16-32(28)42(38)43-39(33)26-31;1-2-10-27(11-3-1)28-18-20-30(21-19-28)40-33-14-6-8-16-35(33)41(36-17-9-7-15-34(36)40)31-22-24-37-39(26-31)43-38-25-23-29-12-4-5-13-32(29)42(37)38/h1-26H;2*1-26H/i6D,7D,8D,9D,16D,17D,18D,19D;6D,7D,8D,9D,17D,18D,19D,20D;6D,7D,8D,9D,14D,15D,16D,17D. The molecule has 0 fully saturated rings. The van der Waals surface area contributed by atoms with Crippen molar-refractivity contribution >= 4 is 184 Å². The molecule has 28 aromatic rings. The summed E-state index contributed by atoms with van der Waals surface area (Å²) in [7, 11) is 0. The van der Waals surface area contributed by atoms with Gasteiger partial charge in [0.15, 0.2) is 0 Å². The van der Waals surface area contributed by atoms with E-state index in [1.54, 1.807) is 12.1 Å². The highest BCUT2D eigenvalue weighted by atomic mass is 16.3. The lowest BCUT2D eigenvalue weighted by molar-refractivity contribution is 0.669. The van der Waals surface area contributed by atoms with Gasteiger partial charge in [0.05, 0.1) is 32.9 Å². The summed E-state index contributed by atoms with van der Waals surface area (Å²) in [5.74, 6) is 0. The molecule has 3 heteroatoms. The zero-order chi connectivity index (χ0) is 107. The molecule has 0 N–H and O–H groups in total. The second kappa shape index (κ2) is 30.8. The van der Waals surface area contributed by atoms with Crippen LogP contribution in [-0.4, -0.2) is 0 Å². The molecule has 131 heavy (non-hydrogen) atoms. The van der Waals surface area contributed by atoms with Crippen LogP contribution in [0.25, 0.3) is 273 Å². The van der Waals surface area contributed by atoms with Crippen LogP contribution in [0.5, 0.6) is 0 Å². The number of furan rings is 3. The topological polar surface area (TPSA) is 39.4 Å². The van der Waals surface area contributed by atoms with E-state index in [2.05, 4.69) is 18.2 Å². The number of hydrogen-bond acceptors (Lipinski definition) is 3. The Hall–Kier alpha value is -17.2. The van der Waals surface area contributed by atoms with Gasteiger partial charge in [-0.15, -0.1) is 0 Å². The average Bonchev–Trinajstić information content (AvgIpc) is 1.41. The lowest BCUT2D eigenvalue weighted by atomic mass is 9.85. The predicted molar refractivity (Wildman–Crippen MR) is 557 cm³/mol. The summed E-state index contributed by atoms with van der Waals surface area (Å²) >= 11 is 0. The molecule has 608 valence electrons. The smallest absolute Gasteiger partial charge is 0.143 e. The van der Waals surface area contributed by atoms with Gasteiger partial charge in [-0.05, 0) is 257 Å². The Balaban J connectivity index is 0.000000116. The van der Waals surface area contributed by atoms with E-state index in [0.717, 1.165) is 114 Å². The Morgan fingerprint density at radius 3 is 0.954 bits per heavy atom. The van der Waals surface area contributed by atoms with Gasteiger partial charge in [0.25, 0.3) is 0 Å². The molecule has 0 aliphatic heterocycles. The molecular weight excluding hydrogens is 1590 g/mol. The van der Waals surface area contributed by atoms with Crippen LogP contribution in [0.3, 0.4) is 0 Å². The molecule has 0 bridgehead atoms. The fourth-order valence-electron chi connectivity index (χ4n) is 19.8. The highest BCUT2D eigenvalue weighted by Crippen LogP contribution is 2.52. The number of benzene rings is 25. The molecule has 25 aromatic carbocycles. The molecule has 3 heterocycles. The van der Waals surface area contributed by atoms with Gasteiger partial charge >= 0.3 is 0 Å². The third-order valence-electron chi connectivity index (χ3n) is 25.6. The minimum absolute atomic E-state index is 0.166. The van der Waals surface area contributed by atoms with Crippen molar-refractivity contribution in [2.24, 2.45) is 0 Å². The van der Waals surface area contributed by atoms with Crippen molar-refractivity contribution in [1.29, 1.82) is 0 Å². The summed E-state index contributed by atoms with van der Waals surface area (Å²) < 4.78 is 236. The molecule has 0 saturated heterocycles. The fourth-order valence-corrected chi connectivity index (χ4v) is 19.8. The molecule has 0 atom stereocenters. The van der Waals surface area contributed by atoms with Crippen LogP contribution < -0.4 is 0 Å². The highest BCUT2D eigenvalue weighted by Gasteiger charge is 2.25. The normalized spacial score (nSPS) is 14.4. The summed E-state index contributed by atoms with van der Waals surface area (Å²) in [5.41, 5.74) is 12.5. The van der Waals surface area contributed by atoms with E-state index in [-0.39, 0.29) is 154 Å². The van der Waals surface area contributed by atoms with Gasteiger partial charge in [-0.3, -0.25) is 0 Å². The minimum Gasteiger partial charge on any atom is -0.456 e. The number of rotatable bonds is 8. The fraction of sp³-hybridized carbons (Fsp3) is 0. The second-order valence-electron chi connectivity index (χ2n) is 32.8. The van der Waals surface area contributed by atoms with Crippen LogP contribution in [0.1, 0.15) is 32.9 Å². The largest absolute Gasteiger partial charge is 0.456 e. The molecule has 0 radical (unpaired) electrons. The van der Waals surface area contributed by atoms with Crippen LogP contribution in [0, 0.1) is 0 Å². The Morgan fingerprint density at radius 2 is 0.435 bits per heavy atom. The lowest BCUT2D eigenvalue weighted by Crippen LogP contribution is -1.91. The van der Waals surface area contributed by atoms with E-state index in [4.69, 9.17) is 29.7 Å². The first-order valence-corrected chi connectivity index (χ1v) is 43.1. The molecule has 28 rings (SSSR count). The molecule has 0 unspecified atom stereocenters. The van der Waals surface area contributed by atoms with Crippen LogP contribution in [-0.2, 0) is 0 Å². The molecule has 0 saturated carbocycles. The minimum atomic E-state index is -0.436. The quantitative estimate of drug-likeness (QED) is 0.112. The van der Waals surface area contributed by atoms with Crippen molar-refractivity contribution in [2.45, 2.75) is 0 Å². The molecule has 0 aliphatic carbocycles. The SMILES string of the molecule is [2H]c1c([2H])c([2H])c2c(-c3ccc4c(c3)oc3c5ccccc5c5ccccc5c43)c3c([2H])c([2H])c([2H])c([2H])c3c(-c3ccc4ccccc4c3)c2c1[2H].[2H]c1c([2H])c([2H])c2c(-c3ccc4c(c3)oc3c5ccccc5ccc43)c3c([2H])c([2H])c([2H])c([2H])c3c(-c3cccc(-c4ccccc4)c3)c2c1[2H].[2H]c1c([2H])c([2H])c2c(-c3ccc4c(c3)oc3ccc5ccccc5c34)c3c([2H])c([2H])c([2H])c([2H])c3c(-c3ccc(-c4ccccc4)cc3)c2c1[2H]. The van der Waals surface area contributed by atoms with Crippen molar-refractivity contribution in [3.05, 3.63) is 473 Å². The maximum Gasteiger partial charge on any atom is 0.143 e. The molecule has 0 amide bonds. The van der Waals surface area contributed by atoms with Gasteiger partial charge < -0.3 is 13.3 Å². The zero-order valence-corrected chi connectivity index (χ0v) is 69.4. The van der Waals surface area contributed by atoms with E-state index in [0.29, 0.717) is 78.0 Å². The first kappa shape index (κ1) is 54.6. The number of fused-ring (bicyclic) bond motifs is 25. The molecule has 0 aliphatic rings. The summed E-state index contributed by atoms with van der Waals surface area (Å²) in [6.45, 7) is 0. The maximum absolute atomic E-state index is 9.33. The van der Waals surface area contributed by atoms with E-state index >= 15 is 0 Å². The second-order valence-corrected chi connectivity index (χ2v) is 32.8. The maximum atomic E-state index is 9.33. The first-order valence-electron chi connectivity index (χ1n) is 55.1. The molecular formula is C128H78O3. The van der Waals surface area contributed by atoms with Crippen molar-refractivity contribution in [3.8, 4) is 89.0 Å². The van der Waals surface area contributed by atoms with E-state index < -0.39 is 72.5 Å². The van der Waals surface area contributed by atoms with Crippen molar-refractivity contribution < 1.29 is 46.1 Å². The first-order chi connectivity index (χ1) is 75.0. The summed E-state index contributed by atoms with van der Waals surface area (Å²) in [6.07, 6.45) is 0. The van der Waals surface area contributed by atoms with Crippen LogP contribution >= 0.6 is 0 Å². The zero-order valence-electron chi connectivity index (χ0n) is 93.4. The van der Waals surface area contributed by atoms with Crippen LogP contribution in [0.15, 0.2) is 486 Å². The monoisotopic (exact) mass is 1690 g/mol. The molecule has 3 nitrogen and oxygen atoms in total. The number of hydrogen-bond donors (Lipinski definition) is 0. The van der Waals surface area contributed by atoms with Gasteiger partial charge in [0.2, 0.25) is 0 Å². The van der Waals surface area contributed by atoms with E-state index in [9.17, 15) is 16.4 Å². The van der Waals surface area contributed by atoms with Crippen molar-refractivity contribution in [1.82, 2.24) is 0 Å². The predicted octanol–water partition coefficient (Wildman–Crippen LogP) is 36.8. The van der Waals surface area contributed by atoms with Crippen molar-refractivity contribution in [3.63, 3.8) is 0 Å². The Kier molecular flexibility index (Phi) is 12.8. The Labute approximate surface area is 788 Å². The van der Waals surface area contributed by atoms with Gasteiger partial charge in [-0.1, -0.05) is 412 Å². The average molecular weight is 1690 g/mol. The third-order valence-corrected chi connectivity index (χ3v) is 25.6. The summed E-state index contributed by atoms with van der Waals surface area (Å²) in [4.78, 5) is 0. The Bertz CT molecular complexity index is 10900.